The number of ether oxygens (including phenoxy) is 2. The molecular formula is C15H16O10. The molecule has 0 radical (unpaired) electrons. The first-order valence-corrected chi connectivity index (χ1v) is 7.28. The smallest absolute Gasteiger partial charge is 0.317 e. The number of Topliss-reactive ketones (excluding diaryl/α,β-unsaturated/α-hetero) is 2. The van der Waals surface area contributed by atoms with Crippen molar-refractivity contribution in [2.45, 2.75) is 19.3 Å². The van der Waals surface area contributed by atoms with Gasteiger partial charge in [-0.3, -0.25) is 28.8 Å². The molecule has 0 saturated heterocycles. The second kappa shape index (κ2) is 5.94. The summed E-state index contributed by atoms with van der Waals surface area (Å²) in [7, 11) is 1.92. The van der Waals surface area contributed by atoms with Gasteiger partial charge < -0.3 is 19.7 Å². The summed E-state index contributed by atoms with van der Waals surface area (Å²) in [5.74, 6) is -11.2. The molecule has 0 aromatic rings. The van der Waals surface area contributed by atoms with Crippen molar-refractivity contribution in [2.75, 3.05) is 14.2 Å². The molecular weight excluding hydrogens is 340 g/mol. The second-order valence-electron chi connectivity index (χ2n) is 6.24. The molecule has 136 valence electrons. The van der Waals surface area contributed by atoms with Crippen LogP contribution in [0.3, 0.4) is 0 Å². The first-order chi connectivity index (χ1) is 11.6. The van der Waals surface area contributed by atoms with E-state index in [4.69, 9.17) is 0 Å². The van der Waals surface area contributed by atoms with E-state index in [0.717, 1.165) is 14.2 Å². The third kappa shape index (κ3) is 2.39. The molecule has 0 amide bonds. The van der Waals surface area contributed by atoms with Gasteiger partial charge >= 0.3 is 23.9 Å². The van der Waals surface area contributed by atoms with Gasteiger partial charge in [0.15, 0.2) is 11.6 Å². The molecule has 10 nitrogen and oxygen atoms in total. The van der Waals surface area contributed by atoms with Crippen LogP contribution < -0.4 is 0 Å². The molecule has 2 aliphatic rings. The number of aliphatic carboxylic acids is 2. The van der Waals surface area contributed by atoms with E-state index >= 15 is 0 Å². The van der Waals surface area contributed by atoms with Gasteiger partial charge in [-0.2, -0.15) is 0 Å². The molecule has 0 spiro atoms. The molecule has 10 heteroatoms. The van der Waals surface area contributed by atoms with Crippen LogP contribution in [0.15, 0.2) is 0 Å². The van der Waals surface area contributed by atoms with Crippen molar-refractivity contribution in [3.05, 3.63) is 0 Å². The highest BCUT2D eigenvalue weighted by Gasteiger charge is 2.71. The summed E-state index contributed by atoms with van der Waals surface area (Å²) in [5, 5.41) is 19.2. The standard InChI is InChI=1S/C15H16O10/c1-24-10(18)6-3-14(12(20)21)5-15(8(6)16,13(22)23)4-7(9(14)17)11(19)25-2/h6-7H,3-5H2,1-2H3,(H,20,21)(H,22,23). The fourth-order valence-electron chi connectivity index (χ4n) is 3.79. The lowest BCUT2D eigenvalue weighted by Gasteiger charge is -2.49. The van der Waals surface area contributed by atoms with Gasteiger partial charge in [0.05, 0.1) is 14.2 Å². The van der Waals surface area contributed by atoms with E-state index in [1.807, 2.05) is 0 Å². The Bertz CT molecular complexity index is 636. The van der Waals surface area contributed by atoms with Crippen LogP contribution in [0.2, 0.25) is 0 Å². The molecule has 0 aromatic carbocycles. The second-order valence-corrected chi connectivity index (χ2v) is 6.24. The Labute approximate surface area is 141 Å². The lowest BCUT2D eigenvalue weighted by molar-refractivity contribution is -0.186. The average molecular weight is 356 g/mol. The number of ketones is 2. The lowest BCUT2D eigenvalue weighted by Crippen LogP contribution is -2.65. The number of rotatable bonds is 4. The Balaban J connectivity index is 2.71. The molecule has 2 saturated carbocycles. The number of methoxy groups -OCH3 is 2. The summed E-state index contributed by atoms with van der Waals surface area (Å²) >= 11 is 0. The minimum Gasteiger partial charge on any atom is -0.480 e. The summed E-state index contributed by atoms with van der Waals surface area (Å²) < 4.78 is 8.91. The first-order valence-electron chi connectivity index (χ1n) is 7.28. The van der Waals surface area contributed by atoms with Crippen LogP contribution in [-0.4, -0.2) is 59.9 Å². The van der Waals surface area contributed by atoms with Crippen LogP contribution in [0.1, 0.15) is 19.3 Å². The van der Waals surface area contributed by atoms with E-state index in [-0.39, 0.29) is 0 Å². The minimum atomic E-state index is -2.36. The first kappa shape index (κ1) is 18.6. The fourth-order valence-corrected chi connectivity index (χ4v) is 3.79. The molecule has 4 unspecified atom stereocenters. The zero-order chi connectivity index (χ0) is 19.2. The molecule has 2 bridgehead atoms. The zero-order valence-corrected chi connectivity index (χ0v) is 13.4. The van der Waals surface area contributed by atoms with Crippen molar-refractivity contribution in [3.8, 4) is 0 Å². The molecule has 0 aromatic heterocycles. The maximum absolute atomic E-state index is 12.7. The number of carbonyl (C=O) groups excluding carboxylic acids is 4. The van der Waals surface area contributed by atoms with Gasteiger partial charge in [-0.25, -0.2) is 0 Å². The SMILES string of the molecule is COC(=O)C1CC2(C(=O)O)CC(C(=O)O)(CC(C(=O)OC)C2=O)C1=O. The van der Waals surface area contributed by atoms with Gasteiger partial charge in [-0.05, 0) is 19.3 Å². The van der Waals surface area contributed by atoms with Crippen LogP contribution in [0.5, 0.6) is 0 Å². The third-order valence-electron chi connectivity index (χ3n) is 5.08. The summed E-state index contributed by atoms with van der Waals surface area (Å²) in [6.07, 6.45) is -2.33. The Morgan fingerprint density at radius 3 is 1.40 bits per heavy atom. The maximum Gasteiger partial charge on any atom is 0.317 e. The van der Waals surface area contributed by atoms with Crippen LogP contribution in [0.25, 0.3) is 0 Å². The molecule has 2 N–H and O–H groups in total. The van der Waals surface area contributed by atoms with Gasteiger partial charge in [0, 0.05) is 0 Å². The van der Waals surface area contributed by atoms with E-state index in [1.54, 1.807) is 0 Å². The van der Waals surface area contributed by atoms with Crippen molar-refractivity contribution < 1.29 is 48.5 Å². The van der Waals surface area contributed by atoms with Crippen LogP contribution >= 0.6 is 0 Å². The number of carboxylic acid groups (broad SMARTS) is 2. The van der Waals surface area contributed by atoms with E-state index in [0.29, 0.717) is 0 Å². The fraction of sp³-hybridized carbons (Fsp3) is 0.600. The van der Waals surface area contributed by atoms with E-state index < -0.39 is 77.4 Å². The van der Waals surface area contributed by atoms with E-state index in [9.17, 15) is 39.0 Å². The number of carboxylic acids is 2. The lowest BCUT2D eigenvalue weighted by atomic mass is 9.48. The molecule has 0 heterocycles. The van der Waals surface area contributed by atoms with E-state index in [2.05, 4.69) is 9.47 Å². The zero-order valence-electron chi connectivity index (χ0n) is 13.4. The normalized spacial score (nSPS) is 34.2. The average Bonchev–Trinajstić information content (AvgIpc) is 2.58. The van der Waals surface area contributed by atoms with Gasteiger partial charge in [-0.1, -0.05) is 0 Å². The summed E-state index contributed by atoms with van der Waals surface area (Å²) in [6.45, 7) is 0. The highest BCUT2D eigenvalue weighted by molar-refractivity contribution is 6.20. The third-order valence-corrected chi connectivity index (χ3v) is 5.08. The van der Waals surface area contributed by atoms with Gasteiger partial charge in [0.1, 0.15) is 22.7 Å². The number of fused-ring (bicyclic) bond motifs is 2. The van der Waals surface area contributed by atoms with Crippen LogP contribution in [-0.2, 0) is 38.2 Å². The van der Waals surface area contributed by atoms with Crippen molar-refractivity contribution >= 4 is 35.4 Å². The molecule has 2 fully saturated rings. The molecule has 0 aliphatic heterocycles. The highest BCUT2D eigenvalue weighted by atomic mass is 16.5. The monoisotopic (exact) mass is 356 g/mol. The molecule has 2 rings (SSSR count). The van der Waals surface area contributed by atoms with Crippen molar-refractivity contribution in [2.24, 2.45) is 22.7 Å². The Morgan fingerprint density at radius 2 is 1.16 bits per heavy atom. The summed E-state index contributed by atoms with van der Waals surface area (Å²) in [6, 6.07) is 0. The quantitative estimate of drug-likeness (QED) is 0.474. The highest BCUT2D eigenvalue weighted by Crippen LogP contribution is 2.56. The maximum atomic E-state index is 12.7. The van der Waals surface area contributed by atoms with Crippen molar-refractivity contribution in [3.63, 3.8) is 0 Å². The van der Waals surface area contributed by atoms with E-state index in [1.165, 1.54) is 0 Å². The Kier molecular flexibility index (Phi) is 4.41. The predicted molar refractivity (Wildman–Crippen MR) is 75.0 cm³/mol. The minimum absolute atomic E-state index is 0.755. The van der Waals surface area contributed by atoms with Gasteiger partial charge in [-0.15, -0.1) is 0 Å². The Morgan fingerprint density at radius 1 is 0.840 bits per heavy atom. The van der Waals surface area contributed by atoms with Crippen LogP contribution in [0.4, 0.5) is 0 Å². The van der Waals surface area contributed by atoms with Gasteiger partial charge in [0.25, 0.3) is 0 Å². The number of hydrogen-bond acceptors (Lipinski definition) is 8. The Hall–Kier alpha value is -2.78. The topological polar surface area (TPSA) is 161 Å². The van der Waals surface area contributed by atoms with Gasteiger partial charge in [0.2, 0.25) is 0 Å². The molecule has 4 atom stereocenters. The summed E-state index contributed by atoms with van der Waals surface area (Å²) in [5.41, 5.74) is -4.72. The van der Waals surface area contributed by atoms with Crippen molar-refractivity contribution in [1.29, 1.82) is 0 Å². The van der Waals surface area contributed by atoms with Crippen LogP contribution in [0, 0.1) is 22.7 Å². The predicted octanol–water partition coefficient (Wildman–Crippen LogP) is -0.957. The largest absolute Gasteiger partial charge is 0.480 e. The number of carbonyl (C=O) groups is 6. The molecule has 25 heavy (non-hydrogen) atoms. The summed E-state index contributed by atoms with van der Waals surface area (Å²) in [4.78, 5) is 72.9. The number of esters is 2. The van der Waals surface area contributed by atoms with Crippen molar-refractivity contribution in [1.82, 2.24) is 0 Å². The number of hydrogen-bond donors (Lipinski definition) is 2. The molecule has 2 aliphatic carbocycles.